The zero-order valence-corrected chi connectivity index (χ0v) is 19.6. The topological polar surface area (TPSA) is 144 Å². The molecule has 1 aromatic heterocycles. The Bertz CT molecular complexity index is 1270. The van der Waals surface area contributed by atoms with E-state index < -0.39 is 5.91 Å². The number of rotatable bonds is 9. The summed E-state index contributed by atoms with van der Waals surface area (Å²) < 4.78 is 0. The van der Waals surface area contributed by atoms with Gasteiger partial charge >= 0.3 is 0 Å². The highest BCUT2D eigenvalue weighted by atomic mass is 16.2. The van der Waals surface area contributed by atoms with Crippen LogP contribution in [0.4, 0.5) is 11.5 Å². The fourth-order valence-corrected chi connectivity index (χ4v) is 4.01. The minimum absolute atomic E-state index is 0.0211. The first-order valence-electron chi connectivity index (χ1n) is 11.6. The van der Waals surface area contributed by atoms with Gasteiger partial charge in [-0.2, -0.15) is 0 Å². The quantitative estimate of drug-likeness (QED) is 0.408. The molecule has 0 fully saturated rings. The van der Waals surface area contributed by atoms with Crippen molar-refractivity contribution in [3.63, 3.8) is 0 Å². The van der Waals surface area contributed by atoms with E-state index in [-0.39, 0.29) is 23.9 Å². The van der Waals surface area contributed by atoms with Crippen LogP contribution in [0.3, 0.4) is 0 Å². The van der Waals surface area contributed by atoms with Crippen LogP contribution in [0.1, 0.15) is 51.2 Å². The van der Waals surface area contributed by atoms with Gasteiger partial charge in [0.05, 0.1) is 12.1 Å². The van der Waals surface area contributed by atoms with Crippen molar-refractivity contribution in [3.8, 4) is 11.4 Å². The molecule has 1 aliphatic rings. The molecular formula is C26H28N6O3. The van der Waals surface area contributed by atoms with E-state index in [0.717, 1.165) is 24.8 Å². The monoisotopic (exact) mass is 472 g/mol. The average Bonchev–Trinajstić information content (AvgIpc) is 3.19. The number of anilines is 2. The molecule has 2 aromatic carbocycles. The van der Waals surface area contributed by atoms with Crippen molar-refractivity contribution in [1.82, 2.24) is 15.3 Å². The van der Waals surface area contributed by atoms with Crippen LogP contribution in [0.5, 0.6) is 0 Å². The standard InChI is InChI=1S/C26H28N6O3/c1-16-8-10-17(11-9-16)24-30-22(23(28)34)20-15-21(33)32(25(20)31-24)19-7-5-6-18(14-19)26(35)29-13-4-2-3-12-27/h5-11,14H,2-4,12-13,15,27H2,1H3,(H2,28,34)(H,29,35). The number of nitrogens with zero attached hydrogens (tertiary/aromatic N) is 3. The highest BCUT2D eigenvalue weighted by Gasteiger charge is 2.35. The molecule has 9 heteroatoms. The number of carbonyl (C=O) groups excluding carboxylic acids is 3. The molecule has 5 N–H and O–H groups in total. The van der Waals surface area contributed by atoms with Crippen molar-refractivity contribution in [2.75, 3.05) is 18.0 Å². The number of carbonyl (C=O) groups is 3. The summed E-state index contributed by atoms with van der Waals surface area (Å²) in [4.78, 5) is 48.3. The predicted molar refractivity (Wildman–Crippen MR) is 133 cm³/mol. The van der Waals surface area contributed by atoms with Gasteiger partial charge in [-0.3, -0.25) is 19.3 Å². The minimum Gasteiger partial charge on any atom is -0.364 e. The van der Waals surface area contributed by atoms with Gasteiger partial charge in [0, 0.05) is 23.2 Å². The molecule has 1 aliphatic heterocycles. The van der Waals surface area contributed by atoms with Gasteiger partial charge in [0.15, 0.2) is 5.82 Å². The molecule has 0 radical (unpaired) electrons. The number of primary amides is 1. The van der Waals surface area contributed by atoms with Crippen LogP contribution in [0.15, 0.2) is 48.5 Å². The second kappa shape index (κ2) is 10.4. The van der Waals surface area contributed by atoms with E-state index in [2.05, 4.69) is 15.3 Å². The smallest absolute Gasteiger partial charge is 0.267 e. The second-order valence-corrected chi connectivity index (χ2v) is 8.49. The summed E-state index contributed by atoms with van der Waals surface area (Å²) in [5.74, 6) is -0.642. The maximum absolute atomic E-state index is 13.0. The van der Waals surface area contributed by atoms with Crippen LogP contribution < -0.4 is 21.7 Å². The van der Waals surface area contributed by atoms with E-state index in [1.54, 1.807) is 24.3 Å². The van der Waals surface area contributed by atoms with E-state index >= 15 is 0 Å². The van der Waals surface area contributed by atoms with Gasteiger partial charge in [0.2, 0.25) is 5.91 Å². The lowest BCUT2D eigenvalue weighted by Gasteiger charge is -2.18. The Labute approximate surface area is 203 Å². The van der Waals surface area contributed by atoms with Crippen LogP contribution in [0.25, 0.3) is 11.4 Å². The molecule has 0 aliphatic carbocycles. The Morgan fingerprint density at radius 2 is 1.83 bits per heavy atom. The van der Waals surface area contributed by atoms with Gasteiger partial charge in [0.25, 0.3) is 11.8 Å². The Morgan fingerprint density at radius 3 is 2.54 bits per heavy atom. The number of aromatic nitrogens is 2. The molecule has 9 nitrogen and oxygen atoms in total. The van der Waals surface area contributed by atoms with Gasteiger partial charge in [0.1, 0.15) is 11.5 Å². The van der Waals surface area contributed by atoms with Crippen molar-refractivity contribution < 1.29 is 14.4 Å². The summed E-state index contributed by atoms with van der Waals surface area (Å²) in [5.41, 5.74) is 14.2. The Hall–Kier alpha value is -4.11. The third-order valence-corrected chi connectivity index (χ3v) is 5.85. The maximum Gasteiger partial charge on any atom is 0.267 e. The predicted octanol–water partition coefficient (Wildman–Crippen LogP) is 2.63. The average molecular weight is 473 g/mol. The zero-order valence-electron chi connectivity index (χ0n) is 19.6. The molecule has 4 rings (SSSR count). The van der Waals surface area contributed by atoms with Gasteiger partial charge in [-0.15, -0.1) is 0 Å². The summed E-state index contributed by atoms with van der Waals surface area (Å²) in [6, 6.07) is 14.3. The highest BCUT2D eigenvalue weighted by Crippen LogP contribution is 2.37. The van der Waals surface area contributed by atoms with Crippen molar-refractivity contribution >= 4 is 29.2 Å². The molecule has 0 spiro atoms. The molecule has 0 atom stereocenters. The first-order valence-corrected chi connectivity index (χ1v) is 11.6. The lowest BCUT2D eigenvalue weighted by atomic mass is 10.1. The SMILES string of the molecule is Cc1ccc(-c2nc(C(N)=O)c3c(n2)N(c2cccc(C(=O)NCCCCCN)c2)C(=O)C3)cc1. The first-order chi connectivity index (χ1) is 16.9. The van der Waals surface area contributed by atoms with E-state index in [1.165, 1.54) is 4.90 Å². The van der Waals surface area contributed by atoms with Crippen LogP contribution in [0.2, 0.25) is 0 Å². The van der Waals surface area contributed by atoms with Gasteiger partial charge < -0.3 is 16.8 Å². The molecular weight excluding hydrogens is 444 g/mol. The number of fused-ring (bicyclic) bond motifs is 1. The first kappa shape index (κ1) is 24.0. The van der Waals surface area contributed by atoms with E-state index in [4.69, 9.17) is 11.5 Å². The number of amides is 3. The number of benzene rings is 2. The summed E-state index contributed by atoms with van der Waals surface area (Å²) in [5, 5.41) is 2.90. The third kappa shape index (κ3) is 5.20. The van der Waals surface area contributed by atoms with Crippen molar-refractivity contribution in [3.05, 3.63) is 70.9 Å². The lowest BCUT2D eigenvalue weighted by Crippen LogP contribution is -2.26. The molecule has 3 amide bonds. The fraction of sp³-hybridized carbons (Fsp3) is 0.269. The molecule has 0 saturated carbocycles. The van der Waals surface area contributed by atoms with Crippen LogP contribution in [0, 0.1) is 6.92 Å². The Balaban J connectivity index is 1.67. The van der Waals surface area contributed by atoms with E-state index in [9.17, 15) is 14.4 Å². The summed E-state index contributed by atoms with van der Waals surface area (Å²) in [7, 11) is 0. The molecule has 0 bridgehead atoms. The van der Waals surface area contributed by atoms with Crippen molar-refractivity contribution in [1.29, 1.82) is 0 Å². The molecule has 2 heterocycles. The fourth-order valence-electron chi connectivity index (χ4n) is 4.01. The van der Waals surface area contributed by atoms with Gasteiger partial charge in [-0.25, -0.2) is 9.97 Å². The van der Waals surface area contributed by atoms with Gasteiger partial charge in [-0.1, -0.05) is 42.3 Å². The normalized spacial score (nSPS) is 12.5. The molecule has 3 aromatic rings. The van der Waals surface area contributed by atoms with E-state index in [1.807, 2.05) is 31.2 Å². The van der Waals surface area contributed by atoms with Crippen molar-refractivity contribution in [2.24, 2.45) is 11.5 Å². The van der Waals surface area contributed by atoms with Crippen LogP contribution in [-0.4, -0.2) is 40.8 Å². The molecule has 0 saturated heterocycles. The number of hydrogen-bond acceptors (Lipinski definition) is 6. The second-order valence-electron chi connectivity index (χ2n) is 8.49. The van der Waals surface area contributed by atoms with Crippen LogP contribution >= 0.6 is 0 Å². The summed E-state index contributed by atoms with van der Waals surface area (Å²) in [6.45, 7) is 3.14. The van der Waals surface area contributed by atoms with Gasteiger partial charge in [-0.05, 0) is 44.5 Å². The van der Waals surface area contributed by atoms with Crippen molar-refractivity contribution in [2.45, 2.75) is 32.6 Å². The number of nitrogens with one attached hydrogen (secondary N) is 1. The minimum atomic E-state index is -0.727. The number of nitrogens with two attached hydrogens (primary N) is 2. The zero-order chi connectivity index (χ0) is 24.9. The molecule has 35 heavy (non-hydrogen) atoms. The largest absolute Gasteiger partial charge is 0.364 e. The Kier molecular flexibility index (Phi) is 7.17. The Morgan fingerprint density at radius 1 is 1.06 bits per heavy atom. The van der Waals surface area contributed by atoms with E-state index in [0.29, 0.717) is 47.1 Å². The molecule has 180 valence electrons. The number of unbranched alkanes of at least 4 members (excludes halogenated alkanes) is 2. The number of hydrogen-bond donors (Lipinski definition) is 3. The number of aryl methyl sites for hydroxylation is 1. The summed E-state index contributed by atoms with van der Waals surface area (Å²) in [6.07, 6.45) is 2.65. The molecule has 0 unspecified atom stereocenters. The summed E-state index contributed by atoms with van der Waals surface area (Å²) >= 11 is 0. The van der Waals surface area contributed by atoms with Crippen LogP contribution in [-0.2, 0) is 11.2 Å². The highest BCUT2D eigenvalue weighted by molar-refractivity contribution is 6.10. The maximum atomic E-state index is 13.0. The lowest BCUT2D eigenvalue weighted by molar-refractivity contribution is -0.116. The third-order valence-electron chi connectivity index (χ3n) is 5.85.